The van der Waals surface area contributed by atoms with E-state index in [2.05, 4.69) is 10.1 Å². The highest BCUT2D eigenvalue weighted by Crippen LogP contribution is 2.12. The van der Waals surface area contributed by atoms with Crippen LogP contribution in [0.15, 0.2) is 0 Å². The maximum absolute atomic E-state index is 8.79. The third kappa shape index (κ3) is 0.962. The van der Waals surface area contributed by atoms with Crippen LogP contribution < -0.4 is 0 Å². The van der Waals surface area contributed by atoms with E-state index in [4.69, 9.17) is 15.8 Å². The molecule has 0 aliphatic rings. The van der Waals surface area contributed by atoms with Gasteiger partial charge in [0.25, 0.3) is 0 Å². The summed E-state index contributed by atoms with van der Waals surface area (Å²) in [4.78, 5) is 3.77. The van der Waals surface area contributed by atoms with Gasteiger partial charge in [-0.1, -0.05) is 0 Å². The molecule has 0 spiro atoms. The molecule has 0 saturated carbocycles. The van der Waals surface area contributed by atoms with Crippen LogP contribution in [-0.4, -0.2) is 19.2 Å². The number of hydrogen-bond acceptors (Lipinski definition) is 5. The Hall–Kier alpha value is -2.85. The van der Waals surface area contributed by atoms with Crippen LogP contribution in [0.25, 0.3) is 5.65 Å². The van der Waals surface area contributed by atoms with Gasteiger partial charge in [-0.05, 0) is 0 Å². The first kappa shape index (κ1) is 8.74. The van der Waals surface area contributed by atoms with E-state index in [1.807, 2.05) is 12.1 Å². The SMILES string of the molecule is Cn1c(C#N)nn2c(C#N)nc(C#N)c12. The summed E-state index contributed by atoms with van der Waals surface area (Å²) < 4.78 is 2.61. The number of fused-ring (bicyclic) bond motifs is 1. The van der Waals surface area contributed by atoms with Gasteiger partial charge in [-0.3, -0.25) is 0 Å². The van der Waals surface area contributed by atoms with Crippen LogP contribution in [0.2, 0.25) is 0 Å². The number of nitrogens with zero attached hydrogens (tertiary/aromatic N) is 7. The molecule has 70 valence electrons. The predicted octanol–water partition coefficient (Wildman–Crippen LogP) is -0.317. The van der Waals surface area contributed by atoms with Gasteiger partial charge >= 0.3 is 0 Å². The summed E-state index contributed by atoms with van der Waals surface area (Å²) in [7, 11) is 1.59. The molecule has 0 N–H and O–H groups in total. The van der Waals surface area contributed by atoms with Crippen molar-refractivity contribution in [2.24, 2.45) is 7.05 Å². The van der Waals surface area contributed by atoms with Gasteiger partial charge in [0.1, 0.15) is 18.2 Å². The standard InChI is InChI=1S/C8H3N7/c1-14-7(4-11)13-15-6(3-10)12-5(2-9)8(14)15/h1H3. The molecule has 2 aromatic heterocycles. The third-order valence-corrected chi connectivity index (χ3v) is 1.97. The van der Waals surface area contributed by atoms with Gasteiger partial charge in [0.2, 0.25) is 11.6 Å². The van der Waals surface area contributed by atoms with E-state index in [0.717, 1.165) is 0 Å². The van der Waals surface area contributed by atoms with E-state index in [0.29, 0.717) is 5.65 Å². The maximum Gasteiger partial charge on any atom is 0.236 e. The Bertz CT molecular complexity index is 667. The monoisotopic (exact) mass is 197 g/mol. The molecule has 0 bridgehead atoms. The van der Waals surface area contributed by atoms with Crippen molar-refractivity contribution in [3.8, 4) is 18.2 Å². The van der Waals surface area contributed by atoms with Crippen LogP contribution in [0, 0.1) is 34.0 Å². The third-order valence-electron chi connectivity index (χ3n) is 1.97. The summed E-state index contributed by atoms with van der Waals surface area (Å²) in [6, 6.07) is 5.51. The Kier molecular flexibility index (Phi) is 1.65. The molecule has 0 aliphatic heterocycles. The van der Waals surface area contributed by atoms with E-state index in [1.165, 1.54) is 9.08 Å². The minimum absolute atomic E-state index is 0.00125. The van der Waals surface area contributed by atoms with Crippen LogP contribution in [0.1, 0.15) is 17.3 Å². The molecule has 15 heavy (non-hydrogen) atoms. The lowest BCUT2D eigenvalue weighted by molar-refractivity contribution is 0.893. The van der Waals surface area contributed by atoms with E-state index >= 15 is 0 Å². The second kappa shape index (κ2) is 2.83. The number of hydrogen-bond donors (Lipinski definition) is 0. The largest absolute Gasteiger partial charge is 0.301 e. The average molecular weight is 197 g/mol. The molecule has 0 aromatic carbocycles. The zero-order valence-corrected chi connectivity index (χ0v) is 7.63. The smallest absolute Gasteiger partial charge is 0.236 e. The quantitative estimate of drug-likeness (QED) is 0.575. The van der Waals surface area contributed by atoms with Crippen LogP contribution in [0.3, 0.4) is 0 Å². The van der Waals surface area contributed by atoms with Crippen molar-refractivity contribution in [3.63, 3.8) is 0 Å². The number of rotatable bonds is 0. The molecule has 0 unspecified atom stereocenters. The van der Waals surface area contributed by atoms with Gasteiger partial charge in [0.05, 0.1) is 0 Å². The Morgan fingerprint density at radius 3 is 2.27 bits per heavy atom. The summed E-state index contributed by atoms with van der Waals surface area (Å²) in [5.41, 5.74) is 0.439. The normalized spacial score (nSPS) is 9.47. The summed E-state index contributed by atoms with van der Waals surface area (Å²) in [6.45, 7) is 0. The minimum Gasteiger partial charge on any atom is -0.301 e. The van der Waals surface area contributed by atoms with E-state index in [1.54, 1.807) is 13.1 Å². The fraction of sp³-hybridized carbons (Fsp3) is 0.125. The van der Waals surface area contributed by atoms with Crippen molar-refractivity contribution in [1.29, 1.82) is 15.8 Å². The first-order valence-electron chi connectivity index (χ1n) is 3.88. The van der Waals surface area contributed by atoms with E-state index in [-0.39, 0.29) is 17.3 Å². The van der Waals surface area contributed by atoms with Crippen molar-refractivity contribution < 1.29 is 0 Å². The Balaban J connectivity index is 2.99. The van der Waals surface area contributed by atoms with Gasteiger partial charge in [-0.2, -0.15) is 20.3 Å². The molecular weight excluding hydrogens is 194 g/mol. The zero-order chi connectivity index (χ0) is 11.0. The van der Waals surface area contributed by atoms with Crippen molar-refractivity contribution in [2.45, 2.75) is 0 Å². The Labute approximate surface area is 84.0 Å². The average Bonchev–Trinajstić information content (AvgIpc) is 2.76. The molecule has 0 atom stereocenters. The van der Waals surface area contributed by atoms with Crippen LogP contribution in [0.5, 0.6) is 0 Å². The topological polar surface area (TPSA) is 106 Å². The van der Waals surface area contributed by atoms with Crippen LogP contribution in [-0.2, 0) is 7.05 Å². The molecule has 2 rings (SSSR count). The Morgan fingerprint density at radius 2 is 1.73 bits per heavy atom. The summed E-state index contributed by atoms with van der Waals surface area (Å²) >= 11 is 0. The molecule has 0 saturated heterocycles. The second-order valence-electron chi connectivity index (χ2n) is 2.74. The molecule has 0 fully saturated rings. The molecular formula is C8H3N7. The lowest BCUT2D eigenvalue weighted by atomic mass is 10.5. The minimum atomic E-state index is -0.00125. The van der Waals surface area contributed by atoms with Crippen molar-refractivity contribution in [3.05, 3.63) is 17.3 Å². The second-order valence-corrected chi connectivity index (χ2v) is 2.74. The number of aryl methyl sites for hydroxylation is 1. The van der Waals surface area contributed by atoms with Crippen LogP contribution >= 0.6 is 0 Å². The van der Waals surface area contributed by atoms with Crippen molar-refractivity contribution >= 4 is 5.65 Å². The molecule has 2 heterocycles. The Morgan fingerprint density at radius 1 is 1.07 bits per heavy atom. The molecule has 7 heteroatoms. The van der Waals surface area contributed by atoms with Gasteiger partial charge < -0.3 is 4.57 Å². The lowest BCUT2D eigenvalue weighted by Crippen LogP contribution is -1.93. The molecule has 2 aromatic rings. The fourth-order valence-electron chi connectivity index (χ4n) is 1.31. The molecule has 0 amide bonds. The lowest BCUT2D eigenvalue weighted by Gasteiger charge is -1.89. The molecule has 0 radical (unpaired) electrons. The summed E-state index contributed by atoms with van der Waals surface area (Å²) in [5, 5.41) is 30.1. The number of imidazole rings is 1. The van der Waals surface area contributed by atoms with Gasteiger partial charge in [0.15, 0.2) is 11.3 Å². The molecule has 7 nitrogen and oxygen atoms in total. The van der Waals surface area contributed by atoms with E-state index < -0.39 is 0 Å². The first-order chi connectivity index (χ1) is 7.22. The first-order valence-corrected chi connectivity index (χ1v) is 3.88. The fourth-order valence-corrected chi connectivity index (χ4v) is 1.31. The number of aromatic nitrogens is 4. The molecule has 0 aliphatic carbocycles. The van der Waals surface area contributed by atoms with Gasteiger partial charge in [-0.25, -0.2) is 4.98 Å². The van der Waals surface area contributed by atoms with Gasteiger partial charge in [-0.15, -0.1) is 5.10 Å². The maximum atomic E-state index is 8.79. The highest BCUT2D eigenvalue weighted by molar-refractivity contribution is 5.55. The van der Waals surface area contributed by atoms with Gasteiger partial charge in [0, 0.05) is 7.05 Å². The van der Waals surface area contributed by atoms with E-state index in [9.17, 15) is 0 Å². The number of nitriles is 3. The predicted molar refractivity (Wildman–Crippen MR) is 46.1 cm³/mol. The summed E-state index contributed by atoms with van der Waals surface area (Å²) in [5.74, 6) is 0.124. The highest BCUT2D eigenvalue weighted by atomic mass is 15.4. The summed E-state index contributed by atoms with van der Waals surface area (Å²) in [6.07, 6.45) is 0. The van der Waals surface area contributed by atoms with Crippen LogP contribution in [0.4, 0.5) is 0 Å². The zero-order valence-electron chi connectivity index (χ0n) is 7.63. The highest BCUT2D eigenvalue weighted by Gasteiger charge is 2.17. The van der Waals surface area contributed by atoms with Crippen molar-refractivity contribution in [2.75, 3.05) is 0 Å². The van der Waals surface area contributed by atoms with Crippen molar-refractivity contribution in [1.82, 2.24) is 19.2 Å².